The zero-order chi connectivity index (χ0) is 42.7. The molecule has 0 amide bonds. The molecule has 60 heavy (non-hydrogen) atoms. The van der Waals surface area contributed by atoms with Crippen LogP contribution in [0, 0.1) is 23.3 Å². The molecule has 0 atom stereocenters. The van der Waals surface area contributed by atoms with Gasteiger partial charge in [0, 0.05) is 0 Å². The molecule has 5 aromatic carbocycles. The average Bonchev–Trinajstić information content (AvgIpc) is 3.24. The molecular formula is C44H36F4O12. The minimum Gasteiger partial charge on any atom is -0.490 e. The molecule has 0 saturated heterocycles. The molecule has 16 heteroatoms. The third kappa shape index (κ3) is 13.9. The summed E-state index contributed by atoms with van der Waals surface area (Å²) >= 11 is 0. The molecule has 312 valence electrons. The number of ether oxygens (including phenoxy) is 8. The summed E-state index contributed by atoms with van der Waals surface area (Å²) in [6.07, 6.45) is 0. The third-order valence-electron chi connectivity index (χ3n) is 7.87. The fourth-order valence-corrected chi connectivity index (χ4v) is 5.03. The van der Waals surface area contributed by atoms with Gasteiger partial charge in [-0.1, -0.05) is 24.3 Å². The van der Waals surface area contributed by atoms with E-state index in [9.17, 15) is 36.7 Å². The Morgan fingerprint density at radius 3 is 0.700 bits per heavy atom. The van der Waals surface area contributed by atoms with E-state index in [0.717, 1.165) is 0 Å². The lowest BCUT2D eigenvalue weighted by molar-refractivity contribution is -0.145. The van der Waals surface area contributed by atoms with Crippen molar-refractivity contribution >= 4 is 35.0 Å². The van der Waals surface area contributed by atoms with Crippen molar-refractivity contribution < 1.29 is 74.6 Å². The van der Waals surface area contributed by atoms with Crippen LogP contribution in [0.15, 0.2) is 121 Å². The van der Waals surface area contributed by atoms with Crippen molar-refractivity contribution in [2.75, 3.05) is 52.9 Å². The van der Waals surface area contributed by atoms with E-state index in [1.54, 1.807) is 0 Å². The van der Waals surface area contributed by atoms with Gasteiger partial charge in [-0.05, 0) is 107 Å². The van der Waals surface area contributed by atoms with Crippen LogP contribution in [0.2, 0.25) is 0 Å². The highest BCUT2D eigenvalue weighted by Gasteiger charge is 2.25. The molecule has 0 saturated carbocycles. The van der Waals surface area contributed by atoms with Gasteiger partial charge in [0.2, 0.25) is 0 Å². The number of carbonyl (C=O) groups is 4. The first kappa shape index (κ1) is 43.8. The number of carbonyl (C=O) groups excluding carboxylic acids is 4. The van der Waals surface area contributed by atoms with Crippen molar-refractivity contribution in [2.45, 2.75) is 0 Å². The van der Waals surface area contributed by atoms with Crippen molar-refractivity contribution in [2.24, 2.45) is 0 Å². The number of hydrogen-bond acceptors (Lipinski definition) is 12. The van der Waals surface area contributed by atoms with E-state index in [-0.39, 0.29) is 63.3 Å². The van der Waals surface area contributed by atoms with Gasteiger partial charge in [0.25, 0.3) is 0 Å². The number of hydrogen-bond donors (Lipinski definition) is 0. The lowest BCUT2D eigenvalue weighted by Gasteiger charge is -2.12. The van der Waals surface area contributed by atoms with E-state index >= 15 is 0 Å². The topological polar surface area (TPSA) is 142 Å². The predicted octanol–water partition coefficient (Wildman–Crippen LogP) is 5.03. The summed E-state index contributed by atoms with van der Waals surface area (Å²) in [6.45, 7) is -1.94. The van der Waals surface area contributed by atoms with Gasteiger partial charge in [-0.15, -0.1) is 0 Å². The normalized spacial score (nSPS) is 10.5. The van der Waals surface area contributed by atoms with Crippen LogP contribution in [0.4, 0.5) is 17.6 Å². The minimum atomic E-state index is -1.11. The molecule has 0 radical (unpaired) electrons. The molecule has 0 aliphatic heterocycles. The van der Waals surface area contributed by atoms with E-state index in [1.807, 2.05) is 0 Å². The van der Waals surface area contributed by atoms with Crippen LogP contribution >= 0.6 is 0 Å². The predicted molar refractivity (Wildman–Crippen MR) is 204 cm³/mol. The lowest BCUT2D eigenvalue weighted by atomic mass is 10.1. The minimum absolute atomic E-state index is 0.0332. The van der Waals surface area contributed by atoms with Crippen LogP contribution in [-0.2, 0) is 38.1 Å². The van der Waals surface area contributed by atoms with Crippen LogP contribution in [0.5, 0.6) is 23.0 Å². The maximum atomic E-state index is 13.3. The molecule has 0 heterocycles. The van der Waals surface area contributed by atoms with E-state index in [0.29, 0.717) is 23.0 Å². The summed E-state index contributed by atoms with van der Waals surface area (Å²) in [5, 5.41) is -0.0664. The Balaban J connectivity index is 1.34. The van der Waals surface area contributed by atoms with Gasteiger partial charge in [0.15, 0.2) is 11.1 Å². The fraction of sp³-hybridized carbons (Fsp3) is 0.182. The van der Waals surface area contributed by atoms with Crippen LogP contribution in [-0.4, -0.2) is 76.7 Å². The highest BCUT2D eigenvalue weighted by atomic mass is 19.1. The van der Waals surface area contributed by atoms with Crippen molar-refractivity contribution in [3.8, 4) is 23.0 Å². The summed E-state index contributed by atoms with van der Waals surface area (Å²) in [5.41, 5.74) is -1.12. The van der Waals surface area contributed by atoms with Crippen LogP contribution in [0.1, 0.15) is 0 Å². The molecule has 12 nitrogen and oxygen atoms in total. The van der Waals surface area contributed by atoms with Crippen LogP contribution < -0.4 is 29.4 Å². The van der Waals surface area contributed by atoms with Crippen molar-refractivity contribution in [3.63, 3.8) is 0 Å². The second-order valence-electron chi connectivity index (χ2n) is 12.1. The zero-order valence-corrected chi connectivity index (χ0v) is 31.6. The van der Waals surface area contributed by atoms with Gasteiger partial charge >= 0.3 is 23.9 Å². The van der Waals surface area contributed by atoms with Gasteiger partial charge in [-0.2, -0.15) is 0 Å². The fourth-order valence-electron chi connectivity index (χ4n) is 5.03. The number of rotatable bonds is 20. The number of benzene rings is 5. The van der Waals surface area contributed by atoms with E-state index in [4.69, 9.17) is 37.9 Å². The maximum absolute atomic E-state index is 13.3. The highest BCUT2D eigenvalue weighted by Crippen LogP contribution is 2.14. The average molecular weight is 833 g/mol. The van der Waals surface area contributed by atoms with Crippen LogP contribution in [0.25, 0.3) is 11.1 Å². The summed E-state index contributed by atoms with van der Waals surface area (Å²) in [4.78, 5) is 53.4. The second kappa shape index (κ2) is 22.5. The molecule has 0 aliphatic carbocycles. The summed E-state index contributed by atoms with van der Waals surface area (Å²) in [5.74, 6) is -5.12. The summed E-state index contributed by atoms with van der Waals surface area (Å²) in [6, 6.07) is 25.5. The summed E-state index contributed by atoms with van der Waals surface area (Å²) in [7, 11) is 0. The van der Waals surface area contributed by atoms with Gasteiger partial charge in [0.05, 0.1) is 0 Å². The Morgan fingerprint density at radius 2 is 0.500 bits per heavy atom. The SMILES string of the molecule is O=C(OCCOc1ccc(F)cc1)C(C(=O)OCCOc1ccc(F)cc1)=c1ccc(=C(C(=O)OCCOc2ccc(F)cc2)C(=O)OCCOc2ccc(F)cc2)cc1. The molecule has 0 fully saturated rings. The number of esters is 4. The van der Waals surface area contributed by atoms with E-state index < -0.39 is 58.3 Å². The molecule has 0 aromatic heterocycles. The zero-order valence-electron chi connectivity index (χ0n) is 31.6. The van der Waals surface area contributed by atoms with E-state index in [1.165, 1.54) is 121 Å². The van der Waals surface area contributed by atoms with Crippen molar-refractivity contribution in [1.29, 1.82) is 0 Å². The van der Waals surface area contributed by atoms with Crippen molar-refractivity contribution in [1.82, 2.24) is 0 Å². The molecule has 5 rings (SSSR count). The standard InChI is InChI=1S/C44H36F4O12/c45-31-5-13-35(14-6-31)53-21-25-57-41(49)39(42(50)58-26-22-54-36-15-7-32(46)8-16-36)29-1-2-30(4-3-29)40(43(51)59-27-23-55-37-17-9-33(47)10-18-37)44(52)60-28-24-56-38-19-11-34(48)12-20-38/h1-20H,21-28H2. The first-order valence-electron chi connectivity index (χ1n) is 18.1. The van der Waals surface area contributed by atoms with E-state index in [2.05, 4.69) is 0 Å². The summed E-state index contributed by atoms with van der Waals surface area (Å²) < 4.78 is 96.0. The Bertz CT molecular complexity index is 2010. The molecule has 0 spiro atoms. The quantitative estimate of drug-likeness (QED) is 0.0342. The monoisotopic (exact) mass is 832 g/mol. The third-order valence-corrected chi connectivity index (χ3v) is 7.87. The second-order valence-corrected chi connectivity index (χ2v) is 12.1. The molecule has 5 aromatic rings. The molecular weight excluding hydrogens is 796 g/mol. The number of halogens is 4. The molecule has 0 bridgehead atoms. The Labute approximate surface area is 340 Å². The first-order chi connectivity index (χ1) is 29.0. The molecule has 0 aliphatic rings. The molecule has 0 unspecified atom stereocenters. The highest BCUT2D eigenvalue weighted by molar-refractivity contribution is 6.37. The van der Waals surface area contributed by atoms with Gasteiger partial charge < -0.3 is 37.9 Å². The van der Waals surface area contributed by atoms with Gasteiger partial charge in [0.1, 0.15) is 99.1 Å². The van der Waals surface area contributed by atoms with Gasteiger partial charge in [-0.25, -0.2) is 36.7 Å². The lowest BCUT2D eigenvalue weighted by Crippen LogP contribution is -2.29. The smallest absolute Gasteiger partial charge is 0.346 e. The molecule has 0 N–H and O–H groups in total. The maximum Gasteiger partial charge on any atom is 0.346 e. The Morgan fingerprint density at radius 1 is 0.300 bits per heavy atom. The van der Waals surface area contributed by atoms with Crippen molar-refractivity contribution in [3.05, 3.63) is 155 Å². The largest absolute Gasteiger partial charge is 0.490 e. The van der Waals surface area contributed by atoms with Crippen LogP contribution in [0.3, 0.4) is 0 Å². The van der Waals surface area contributed by atoms with Gasteiger partial charge in [-0.3, -0.25) is 0 Å². The first-order valence-corrected chi connectivity index (χ1v) is 18.1. The Hall–Kier alpha value is -7.36. The Kier molecular flexibility index (Phi) is 16.4.